The summed E-state index contributed by atoms with van der Waals surface area (Å²) in [6, 6.07) is 4.57. The largest absolute Gasteiger partial charge is 0.469 e. The molecule has 1 aromatic rings. The number of nitrogens with zero attached hydrogens (tertiary/aromatic N) is 1. The van der Waals surface area contributed by atoms with Gasteiger partial charge in [-0.3, -0.25) is 4.79 Å². The van der Waals surface area contributed by atoms with Crippen LogP contribution in [0.3, 0.4) is 0 Å². The Morgan fingerprint density at radius 2 is 2.19 bits per heavy atom. The maximum atomic E-state index is 13.7. The predicted molar refractivity (Wildman–Crippen MR) is 56.4 cm³/mol. The zero-order valence-corrected chi connectivity index (χ0v) is 9.34. The van der Waals surface area contributed by atoms with E-state index in [2.05, 4.69) is 4.74 Å². The van der Waals surface area contributed by atoms with Gasteiger partial charge in [-0.1, -0.05) is 0 Å². The van der Waals surface area contributed by atoms with Crippen LogP contribution in [0.5, 0.6) is 0 Å². The van der Waals surface area contributed by atoms with Crippen molar-refractivity contribution in [3.05, 3.63) is 34.6 Å². The Bertz CT molecular complexity index is 454. The van der Waals surface area contributed by atoms with Gasteiger partial charge in [0.1, 0.15) is 5.82 Å². The Morgan fingerprint density at radius 1 is 1.56 bits per heavy atom. The van der Waals surface area contributed by atoms with E-state index in [1.807, 2.05) is 6.07 Å². The van der Waals surface area contributed by atoms with E-state index in [-0.39, 0.29) is 29.0 Å². The molecule has 0 spiro atoms. The second-order valence-corrected chi connectivity index (χ2v) is 3.37. The van der Waals surface area contributed by atoms with E-state index in [9.17, 15) is 9.18 Å². The molecule has 0 N–H and O–H groups in total. The first-order valence-electron chi connectivity index (χ1n) is 4.46. The van der Waals surface area contributed by atoms with Crippen LogP contribution in [0.1, 0.15) is 16.7 Å². The summed E-state index contributed by atoms with van der Waals surface area (Å²) in [6.07, 6.45) is -0.207. The highest BCUT2D eigenvalue weighted by Gasteiger charge is 2.13. The van der Waals surface area contributed by atoms with E-state index < -0.39 is 11.8 Å². The lowest BCUT2D eigenvalue weighted by molar-refractivity contribution is -0.139. The van der Waals surface area contributed by atoms with Gasteiger partial charge in [0.05, 0.1) is 31.0 Å². The molecular formula is C11H9ClFNO2. The molecule has 0 heterocycles. The lowest BCUT2D eigenvalue weighted by Crippen LogP contribution is -2.08. The second kappa shape index (κ2) is 5.47. The average Bonchev–Trinajstić information content (AvgIpc) is 2.31. The molecule has 3 nitrogen and oxygen atoms in total. The van der Waals surface area contributed by atoms with E-state index >= 15 is 0 Å². The van der Waals surface area contributed by atoms with Crippen molar-refractivity contribution in [2.24, 2.45) is 0 Å². The summed E-state index contributed by atoms with van der Waals surface area (Å²) in [5.41, 5.74) is 0.608. The molecular weight excluding hydrogens is 233 g/mol. The molecule has 0 aliphatic heterocycles. The molecule has 0 aliphatic carbocycles. The summed E-state index contributed by atoms with van der Waals surface area (Å²) in [6.45, 7) is 0. The maximum absolute atomic E-state index is 13.7. The highest BCUT2D eigenvalue weighted by molar-refractivity contribution is 6.17. The minimum absolute atomic E-state index is 0.0461. The fourth-order valence-corrected chi connectivity index (χ4v) is 1.46. The Kier molecular flexibility index (Phi) is 4.27. The predicted octanol–water partition coefficient (Wildman–Crippen LogP) is 2.15. The highest BCUT2D eigenvalue weighted by Crippen LogP contribution is 2.18. The number of methoxy groups -OCH3 is 1. The van der Waals surface area contributed by atoms with E-state index in [0.717, 1.165) is 0 Å². The number of hydrogen-bond acceptors (Lipinski definition) is 3. The van der Waals surface area contributed by atoms with Crippen LogP contribution in [0.2, 0.25) is 0 Å². The van der Waals surface area contributed by atoms with Gasteiger partial charge in [-0.25, -0.2) is 4.39 Å². The van der Waals surface area contributed by atoms with E-state index in [4.69, 9.17) is 16.9 Å². The van der Waals surface area contributed by atoms with Crippen molar-refractivity contribution in [2.45, 2.75) is 12.3 Å². The molecule has 0 aromatic heterocycles. The topological polar surface area (TPSA) is 50.1 Å². The molecule has 0 atom stereocenters. The molecule has 5 heteroatoms. The number of benzene rings is 1. The van der Waals surface area contributed by atoms with Crippen molar-refractivity contribution in [1.29, 1.82) is 5.26 Å². The summed E-state index contributed by atoms with van der Waals surface area (Å²) in [4.78, 5) is 11.0. The van der Waals surface area contributed by atoms with Crippen molar-refractivity contribution in [2.75, 3.05) is 7.11 Å². The number of esters is 1. The van der Waals surface area contributed by atoms with Crippen LogP contribution in [0, 0.1) is 17.1 Å². The fourth-order valence-electron chi connectivity index (χ4n) is 1.27. The second-order valence-electron chi connectivity index (χ2n) is 3.11. The van der Waals surface area contributed by atoms with Crippen LogP contribution >= 0.6 is 11.6 Å². The van der Waals surface area contributed by atoms with Crippen LogP contribution in [0.4, 0.5) is 4.39 Å². The molecule has 0 amide bonds. The first-order valence-corrected chi connectivity index (χ1v) is 5.00. The average molecular weight is 242 g/mol. The molecule has 16 heavy (non-hydrogen) atoms. The number of ether oxygens (including phenoxy) is 1. The summed E-state index contributed by atoms with van der Waals surface area (Å²) in [5.74, 6) is -1.16. The van der Waals surface area contributed by atoms with Crippen molar-refractivity contribution >= 4 is 17.6 Å². The Balaban J connectivity index is 3.17. The Hall–Kier alpha value is -1.60. The Morgan fingerprint density at radius 3 is 2.69 bits per heavy atom. The van der Waals surface area contributed by atoms with Gasteiger partial charge in [0.15, 0.2) is 0 Å². The number of halogens is 2. The van der Waals surface area contributed by atoms with Crippen LogP contribution < -0.4 is 0 Å². The van der Waals surface area contributed by atoms with Crippen LogP contribution in [0.25, 0.3) is 0 Å². The third-order valence-corrected chi connectivity index (χ3v) is 2.35. The first-order chi connectivity index (χ1) is 7.62. The van der Waals surface area contributed by atoms with E-state index in [0.29, 0.717) is 0 Å². The van der Waals surface area contributed by atoms with Crippen LogP contribution in [-0.4, -0.2) is 13.1 Å². The quantitative estimate of drug-likeness (QED) is 0.602. The molecule has 1 rings (SSSR count). The van der Waals surface area contributed by atoms with Gasteiger partial charge >= 0.3 is 5.97 Å². The normalized spacial score (nSPS) is 9.62. The van der Waals surface area contributed by atoms with Gasteiger partial charge in [-0.2, -0.15) is 5.26 Å². The van der Waals surface area contributed by atoms with E-state index in [1.54, 1.807) is 0 Å². The molecule has 0 aliphatic rings. The van der Waals surface area contributed by atoms with E-state index in [1.165, 1.54) is 19.2 Å². The molecule has 0 saturated carbocycles. The first kappa shape index (κ1) is 12.5. The summed E-state index contributed by atoms with van der Waals surface area (Å²) in [5, 5.41) is 8.73. The van der Waals surface area contributed by atoms with Gasteiger partial charge in [-0.15, -0.1) is 11.6 Å². The smallest absolute Gasteiger partial charge is 0.310 e. The number of carbonyl (C=O) groups is 1. The van der Waals surface area contributed by atoms with Gasteiger partial charge in [-0.05, 0) is 12.1 Å². The third-order valence-electron chi connectivity index (χ3n) is 2.06. The van der Waals surface area contributed by atoms with Crippen molar-refractivity contribution in [3.8, 4) is 6.07 Å². The van der Waals surface area contributed by atoms with Gasteiger partial charge in [0, 0.05) is 11.1 Å². The highest BCUT2D eigenvalue weighted by atomic mass is 35.5. The number of hydrogen-bond donors (Lipinski definition) is 0. The zero-order chi connectivity index (χ0) is 12.1. The van der Waals surface area contributed by atoms with Crippen molar-refractivity contribution in [3.63, 3.8) is 0 Å². The third kappa shape index (κ3) is 2.71. The molecule has 0 fully saturated rings. The fraction of sp³-hybridized carbons (Fsp3) is 0.273. The number of nitriles is 1. The molecule has 84 valence electrons. The van der Waals surface area contributed by atoms with Gasteiger partial charge in [0.2, 0.25) is 0 Å². The lowest BCUT2D eigenvalue weighted by atomic mass is 10.0. The maximum Gasteiger partial charge on any atom is 0.310 e. The molecule has 0 unspecified atom stereocenters. The SMILES string of the molecule is COC(=O)Cc1cc(C#N)cc(CCl)c1F. The summed E-state index contributed by atoms with van der Waals surface area (Å²) in [7, 11) is 1.22. The van der Waals surface area contributed by atoms with Crippen molar-refractivity contribution < 1.29 is 13.9 Å². The molecule has 0 radical (unpaired) electrons. The number of alkyl halides is 1. The van der Waals surface area contributed by atoms with Gasteiger partial charge in [0.25, 0.3) is 0 Å². The summed E-state index contributed by atoms with van der Waals surface area (Å²) >= 11 is 5.54. The van der Waals surface area contributed by atoms with Crippen molar-refractivity contribution in [1.82, 2.24) is 0 Å². The monoisotopic (exact) mass is 241 g/mol. The number of rotatable bonds is 3. The lowest BCUT2D eigenvalue weighted by Gasteiger charge is -2.06. The minimum atomic E-state index is -0.561. The molecule has 0 saturated heterocycles. The molecule has 0 bridgehead atoms. The van der Waals surface area contributed by atoms with Crippen LogP contribution in [-0.2, 0) is 21.8 Å². The summed E-state index contributed by atoms with van der Waals surface area (Å²) < 4.78 is 18.1. The minimum Gasteiger partial charge on any atom is -0.469 e. The zero-order valence-electron chi connectivity index (χ0n) is 8.59. The Labute approximate surface area is 97.4 Å². The number of carbonyl (C=O) groups excluding carboxylic acids is 1. The molecule has 1 aromatic carbocycles. The van der Waals surface area contributed by atoms with Crippen LogP contribution in [0.15, 0.2) is 12.1 Å². The standard InChI is InChI=1S/C11H9ClFNO2/c1-16-10(15)4-8-2-7(6-14)3-9(5-12)11(8)13/h2-3H,4-5H2,1H3. The van der Waals surface area contributed by atoms with Gasteiger partial charge < -0.3 is 4.74 Å².